The van der Waals surface area contributed by atoms with E-state index in [9.17, 15) is 18.0 Å². The SMILES string of the molecule is CCNS(=O)(=O)n1c2c(c3cc(C(=O)N4CCC(C)CC4)ccc31)CN(C(=O)OC(C)(C)C)CC2. The molecule has 2 aliphatic rings. The molecule has 1 fully saturated rings. The van der Waals surface area contributed by atoms with E-state index in [1.807, 2.05) is 25.7 Å². The third-order valence-corrected chi connectivity index (χ3v) is 8.19. The van der Waals surface area contributed by atoms with Crippen molar-refractivity contribution in [3.63, 3.8) is 0 Å². The smallest absolute Gasteiger partial charge is 0.410 e. The molecule has 1 N–H and O–H groups in total. The molecular formula is C25H36N4O5S. The zero-order valence-corrected chi connectivity index (χ0v) is 22.1. The molecule has 0 bridgehead atoms. The van der Waals surface area contributed by atoms with Gasteiger partial charge in [0.05, 0.1) is 12.1 Å². The summed E-state index contributed by atoms with van der Waals surface area (Å²) in [5.41, 5.74) is 1.77. The van der Waals surface area contributed by atoms with Crippen LogP contribution in [0.25, 0.3) is 10.9 Å². The Morgan fingerprint density at radius 2 is 1.80 bits per heavy atom. The van der Waals surface area contributed by atoms with E-state index < -0.39 is 21.9 Å². The third kappa shape index (κ3) is 5.18. The van der Waals surface area contributed by atoms with Gasteiger partial charge in [0.25, 0.3) is 5.91 Å². The number of fused-ring (bicyclic) bond motifs is 3. The van der Waals surface area contributed by atoms with Crippen LogP contribution in [0.3, 0.4) is 0 Å². The predicted octanol–water partition coefficient (Wildman–Crippen LogP) is 3.51. The summed E-state index contributed by atoms with van der Waals surface area (Å²) in [5.74, 6) is 0.562. The van der Waals surface area contributed by atoms with Crippen LogP contribution >= 0.6 is 0 Å². The highest BCUT2D eigenvalue weighted by atomic mass is 32.2. The zero-order chi connectivity index (χ0) is 25.5. The molecule has 0 radical (unpaired) electrons. The molecular weight excluding hydrogens is 468 g/mol. The number of amides is 2. The topological polar surface area (TPSA) is 101 Å². The number of benzene rings is 1. The van der Waals surface area contributed by atoms with Crippen LogP contribution in [0, 0.1) is 5.92 Å². The molecule has 9 nitrogen and oxygen atoms in total. The van der Waals surface area contributed by atoms with Gasteiger partial charge in [-0.15, -0.1) is 0 Å². The Kier molecular flexibility index (Phi) is 6.89. The van der Waals surface area contributed by atoms with E-state index in [4.69, 9.17) is 4.74 Å². The summed E-state index contributed by atoms with van der Waals surface area (Å²) < 4.78 is 35.8. The van der Waals surface area contributed by atoms with Crippen molar-refractivity contribution in [1.82, 2.24) is 18.5 Å². The average molecular weight is 505 g/mol. The largest absolute Gasteiger partial charge is 0.444 e. The predicted molar refractivity (Wildman–Crippen MR) is 135 cm³/mol. The van der Waals surface area contributed by atoms with Gasteiger partial charge in [0.2, 0.25) is 0 Å². The molecule has 10 heteroatoms. The van der Waals surface area contributed by atoms with Gasteiger partial charge in [-0.2, -0.15) is 13.1 Å². The summed E-state index contributed by atoms with van der Waals surface area (Å²) in [5, 5.41) is 0.672. The maximum Gasteiger partial charge on any atom is 0.410 e. The van der Waals surface area contributed by atoms with Crippen LogP contribution in [0.4, 0.5) is 4.79 Å². The molecule has 0 spiro atoms. The fourth-order valence-electron chi connectivity index (χ4n) is 4.85. The molecule has 2 aromatic rings. The molecule has 2 aliphatic heterocycles. The molecule has 2 amide bonds. The number of carbonyl (C=O) groups excluding carboxylic acids is 2. The van der Waals surface area contributed by atoms with Crippen LogP contribution in [0.1, 0.15) is 69.1 Å². The van der Waals surface area contributed by atoms with Crippen molar-refractivity contribution in [2.45, 2.75) is 66.0 Å². The summed E-state index contributed by atoms with van der Waals surface area (Å²) in [6, 6.07) is 5.20. The molecule has 192 valence electrons. The Morgan fingerprint density at radius 3 is 2.43 bits per heavy atom. The van der Waals surface area contributed by atoms with Gasteiger partial charge in [0.15, 0.2) is 0 Å². The van der Waals surface area contributed by atoms with Gasteiger partial charge in [-0.3, -0.25) is 4.79 Å². The lowest BCUT2D eigenvalue weighted by molar-refractivity contribution is 0.0224. The summed E-state index contributed by atoms with van der Waals surface area (Å²) in [6.07, 6.45) is 1.88. The summed E-state index contributed by atoms with van der Waals surface area (Å²) >= 11 is 0. The van der Waals surface area contributed by atoms with Crippen molar-refractivity contribution >= 4 is 33.1 Å². The van der Waals surface area contributed by atoms with E-state index in [2.05, 4.69) is 11.6 Å². The normalized spacial score (nSPS) is 17.5. The fourth-order valence-corrected chi connectivity index (χ4v) is 6.25. The Balaban J connectivity index is 1.77. The van der Waals surface area contributed by atoms with E-state index in [-0.39, 0.29) is 19.0 Å². The minimum absolute atomic E-state index is 0.0466. The molecule has 1 aromatic heterocycles. The van der Waals surface area contributed by atoms with Crippen LogP contribution in [0.5, 0.6) is 0 Å². The molecule has 4 rings (SSSR count). The van der Waals surface area contributed by atoms with Crippen LogP contribution in [-0.4, -0.2) is 66.0 Å². The van der Waals surface area contributed by atoms with Crippen LogP contribution in [-0.2, 0) is 27.9 Å². The number of nitrogens with one attached hydrogen (secondary N) is 1. The molecule has 1 aromatic carbocycles. The lowest BCUT2D eigenvalue weighted by atomic mass is 9.98. The number of aromatic nitrogens is 1. The molecule has 0 atom stereocenters. The number of nitrogens with zero attached hydrogens (tertiary/aromatic N) is 3. The third-order valence-electron chi connectivity index (χ3n) is 6.64. The maximum atomic E-state index is 13.3. The van der Waals surface area contributed by atoms with Crippen molar-refractivity contribution in [1.29, 1.82) is 0 Å². The second-order valence-corrected chi connectivity index (χ2v) is 12.2. The van der Waals surface area contributed by atoms with Gasteiger partial charge in [0, 0.05) is 54.8 Å². The van der Waals surface area contributed by atoms with Crippen molar-refractivity contribution in [3.8, 4) is 0 Å². The summed E-state index contributed by atoms with van der Waals surface area (Å²) in [4.78, 5) is 29.5. The quantitative estimate of drug-likeness (QED) is 0.687. The highest BCUT2D eigenvalue weighted by Gasteiger charge is 2.33. The van der Waals surface area contributed by atoms with Crippen LogP contribution in [0.15, 0.2) is 18.2 Å². The first kappa shape index (κ1) is 25.5. The molecule has 1 saturated heterocycles. The van der Waals surface area contributed by atoms with Crippen molar-refractivity contribution in [2.24, 2.45) is 5.92 Å². The van der Waals surface area contributed by atoms with E-state index in [1.54, 1.807) is 30.0 Å². The molecule has 3 heterocycles. The minimum Gasteiger partial charge on any atom is -0.444 e. The second-order valence-electron chi connectivity index (χ2n) is 10.6. The highest BCUT2D eigenvalue weighted by molar-refractivity contribution is 7.88. The van der Waals surface area contributed by atoms with Crippen LogP contribution < -0.4 is 4.72 Å². The van der Waals surface area contributed by atoms with E-state index in [0.29, 0.717) is 41.0 Å². The lowest BCUT2D eigenvalue weighted by Crippen LogP contribution is -2.41. The number of likely N-dealkylation sites (tertiary alicyclic amines) is 1. The Bertz CT molecular complexity index is 1240. The lowest BCUT2D eigenvalue weighted by Gasteiger charge is -2.31. The summed E-state index contributed by atoms with van der Waals surface area (Å²) in [7, 11) is -3.82. The Hall–Kier alpha value is -2.59. The molecule has 0 saturated carbocycles. The van der Waals surface area contributed by atoms with Gasteiger partial charge in [-0.25, -0.2) is 8.77 Å². The van der Waals surface area contributed by atoms with Gasteiger partial charge >= 0.3 is 16.3 Å². The van der Waals surface area contributed by atoms with Gasteiger partial charge < -0.3 is 14.5 Å². The monoisotopic (exact) mass is 504 g/mol. The van der Waals surface area contributed by atoms with Crippen molar-refractivity contribution in [2.75, 3.05) is 26.2 Å². The zero-order valence-electron chi connectivity index (χ0n) is 21.3. The second kappa shape index (κ2) is 9.46. The fraction of sp³-hybridized carbons (Fsp3) is 0.600. The van der Waals surface area contributed by atoms with Gasteiger partial charge in [-0.1, -0.05) is 13.8 Å². The minimum atomic E-state index is -3.82. The Morgan fingerprint density at radius 1 is 1.11 bits per heavy atom. The van der Waals surface area contributed by atoms with E-state index >= 15 is 0 Å². The van der Waals surface area contributed by atoms with E-state index in [1.165, 1.54) is 3.97 Å². The number of rotatable bonds is 4. The van der Waals surface area contributed by atoms with E-state index in [0.717, 1.165) is 31.5 Å². The number of hydrogen-bond donors (Lipinski definition) is 1. The average Bonchev–Trinajstić information content (AvgIpc) is 3.11. The standard InChI is InChI=1S/C25H36N4O5S/c1-6-26-35(32,33)29-21-8-7-18(23(30)27-12-9-17(2)10-13-27)15-19(21)20-16-28(14-11-22(20)29)24(31)34-25(3,4)5/h7-8,15,17,26H,6,9-14,16H2,1-5H3. The number of ether oxygens (including phenoxy) is 1. The van der Waals surface area contributed by atoms with Crippen LogP contribution in [0.2, 0.25) is 0 Å². The van der Waals surface area contributed by atoms with Gasteiger partial charge in [0.1, 0.15) is 5.60 Å². The van der Waals surface area contributed by atoms with Crippen molar-refractivity contribution in [3.05, 3.63) is 35.0 Å². The first-order chi connectivity index (χ1) is 16.4. The molecule has 0 aliphatic carbocycles. The summed E-state index contributed by atoms with van der Waals surface area (Å²) in [6.45, 7) is 11.6. The Labute approximate surface area is 207 Å². The molecule has 0 unspecified atom stereocenters. The number of hydrogen-bond acceptors (Lipinski definition) is 5. The number of piperidine rings is 1. The first-order valence-electron chi connectivity index (χ1n) is 12.3. The van der Waals surface area contributed by atoms with Crippen molar-refractivity contribution < 1.29 is 22.7 Å². The number of carbonyl (C=O) groups is 2. The molecule has 35 heavy (non-hydrogen) atoms. The van der Waals surface area contributed by atoms with Gasteiger partial charge in [-0.05, 0) is 57.7 Å². The first-order valence-corrected chi connectivity index (χ1v) is 13.8. The highest BCUT2D eigenvalue weighted by Crippen LogP contribution is 2.34. The maximum absolute atomic E-state index is 13.3.